The van der Waals surface area contributed by atoms with E-state index < -0.39 is 0 Å². The van der Waals surface area contributed by atoms with Crippen LogP contribution >= 0.6 is 11.8 Å². The summed E-state index contributed by atoms with van der Waals surface area (Å²) < 4.78 is 2.04. The van der Waals surface area contributed by atoms with Gasteiger partial charge in [0.1, 0.15) is 0 Å². The number of aryl methyl sites for hydroxylation is 1. The lowest BCUT2D eigenvalue weighted by molar-refractivity contribution is 0.556. The summed E-state index contributed by atoms with van der Waals surface area (Å²) in [5.41, 5.74) is 1.13. The van der Waals surface area contributed by atoms with Gasteiger partial charge in [0, 0.05) is 25.3 Å². The quantitative estimate of drug-likeness (QED) is 0.724. The van der Waals surface area contributed by atoms with E-state index in [1.54, 1.807) is 0 Å². The lowest BCUT2D eigenvalue weighted by Crippen LogP contribution is -2.22. The largest absolute Gasteiger partial charge is 0.309 e. The molecule has 1 aromatic heterocycles. The molecular formula is C11H21N3S. The molecule has 1 N–H and O–H groups in total. The molecule has 15 heavy (non-hydrogen) atoms. The van der Waals surface area contributed by atoms with Gasteiger partial charge in [-0.1, -0.05) is 13.8 Å². The van der Waals surface area contributed by atoms with E-state index in [0.29, 0.717) is 6.04 Å². The Morgan fingerprint density at radius 3 is 3.00 bits per heavy atom. The van der Waals surface area contributed by atoms with Crippen molar-refractivity contribution in [3.05, 3.63) is 18.0 Å². The van der Waals surface area contributed by atoms with E-state index in [2.05, 4.69) is 42.8 Å². The molecule has 0 radical (unpaired) electrons. The second-order valence-electron chi connectivity index (χ2n) is 3.95. The minimum atomic E-state index is 0.520. The number of hydrogen-bond donors (Lipinski definition) is 1. The van der Waals surface area contributed by atoms with Crippen molar-refractivity contribution < 1.29 is 0 Å². The summed E-state index contributed by atoms with van der Waals surface area (Å²) >= 11 is 1.89. The first kappa shape index (κ1) is 12.6. The third-order valence-electron chi connectivity index (χ3n) is 2.12. The number of hydrogen-bond acceptors (Lipinski definition) is 3. The Morgan fingerprint density at radius 1 is 1.53 bits per heavy atom. The highest BCUT2D eigenvalue weighted by atomic mass is 32.2. The molecule has 0 aromatic carbocycles. The first-order valence-electron chi connectivity index (χ1n) is 5.47. The van der Waals surface area contributed by atoms with Crippen molar-refractivity contribution in [3.63, 3.8) is 0 Å². The standard InChI is InChI=1S/C11H21N3S/c1-10(2)12-9-11-5-7-14(13-11)6-4-8-15-3/h5,7,10,12H,4,6,8-9H2,1-3H3. The van der Waals surface area contributed by atoms with Gasteiger partial charge in [-0.2, -0.15) is 16.9 Å². The van der Waals surface area contributed by atoms with Crippen LogP contribution < -0.4 is 5.32 Å². The monoisotopic (exact) mass is 227 g/mol. The minimum Gasteiger partial charge on any atom is -0.309 e. The first-order valence-corrected chi connectivity index (χ1v) is 6.86. The van der Waals surface area contributed by atoms with E-state index in [9.17, 15) is 0 Å². The molecule has 86 valence electrons. The van der Waals surface area contributed by atoms with Crippen LogP contribution in [0.3, 0.4) is 0 Å². The Kier molecular flexibility index (Phi) is 5.79. The van der Waals surface area contributed by atoms with Crippen LogP contribution in [0.2, 0.25) is 0 Å². The Hall–Kier alpha value is -0.480. The molecule has 0 aliphatic carbocycles. The zero-order valence-corrected chi connectivity index (χ0v) is 10.7. The number of aromatic nitrogens is 2. The molecule has 0 saturated carbocycles. The lowest BCUT2D eigenvalue weighted by atomic mass is 10.3. The van der Waals surface area contributed by atoms with Crippen LogP contribution in [0.25, 0.3) is 0 Å². The van der Waals surface area contributed by atoms with Crippen LogP contribution in [0.15, 0.2) is 12.3 Å². The molecule has 0 aliphatic rings. The molecule has 4 heteroatoms. The molecule has 0 aliphatic heterocycles. The van der Waals surface area contributed by atoms with Crippen LogP contribution in [-0.2, 0) is 13.1 Å². The summed E-state index contributed by atoms with van der Waals surface area (Å²) in [5.74, 6) is 1.21. The summed E-state index contributed by atoms with van der Waals surface area (Å²) in [6.45, 7) is 6.20. The van der Waals surface area contributed by atoms with Gasteiger partial charge in [0.2, 0.25) is 0 Å². The summed E-state index contributed by atoms with van der Waals surface area (Å²) in [7, 11) is 0. The zero-order valence-electron chi connectivity index (χ0n) is 9.86. The average molecular weight is 227 g/mol. The molecule has 0 atom stereocenters. The zero-order chi connectivity index (χ0) is 11.1. The summed E-state index contributed by atoms with van der Waals surface area (Å²) in [6, 6.07) is 2.61. The van der Waals surface area contributed by atoms with Gasteiger partial charge in [0.25, 0.3) is 0 Å². The second-order valence-corrected chi connectivity index (χ2v) is 4.94. The third kappa shape index (κ3) is 5.23. The third-order valence-corrected chi connectivity index (χ3v) is 2.82. The van der Waals surface area contributed by atoms with Gasteiger partial charge in [-0.15, -0.1) is 0 Å². The molecular weight excluding hydrogens is 206 g/mol. The topological polar surface area (TPSA) is 29.9 Å². The van der Waals surface area contributed by atoms with Gasteiger partial charge in [0.05, 0.1) is 5.69 Å². The van der Waals surface area contributed by atoms with Crippen LogP contribution in [0.1, 0.15) is 26.0 Å². The fourth-order valence-corrected chi connectivity index (χ4v) is 1.72. The van der Waals surface area contributed by atoms with Crippen molar-refractivity contribution in [1.82, 2.24) is 15.1 Å². The smallest absolute Gasteiger partial charge is 0.0762 e. The van der Waals surface area contributed by atoms with Crippen molar-refractivity contribution in [2.24, 2.45) is 0 Å². The number of rotatable bonds is 7. The Labute approximate surface area is 96.6 Å². The SMILES string of the molecule is CSCCCn1ccc(CNC(C)C)n1. The number of nitrogens with one attached hydrogen (secondary N) is 1. The molecule has 1 rings (SSSR count). The van der Waals surface area contributed by atoms with E-state index in [0.717, 1.165) is 18.8 Å². The molecule has 0 amide bonds. The van der Waals surface area contributed by atoms with Crippen molar-refractivity contribution in [2.75, 3.05) is 12.0 Å². The van der Waals surface area contributed by atoms with Crippen molar-refractivity contribution in [3.8, 4) is 0 Å². The summed E-state index contributed by atoms with van der Waals surface area (Å²) in [5, 5.41) is 7.86. The first-order chi connectivity index (χ1) is 7.22. The predicted octanol–water partition coefficient (Wildman–Crippen LogP) is 2.13. The normalized spacial score (nSPS) is 11.2. The van der Waals surface area contributed by atoms with Gasteiger partial charge in [-0.3, -0.25) is 4.68 Å². The van der Waals surface area contributed by atoms with E-state index in [4.69, 9.17) is 0 Å². The fourth-order valence-electron chi connectivity index (χ4n) is 1.30. The van der Waals surface area contributed by atoms with Crippen LogP contribution in [0, 0.1) is 0 Å². The maximum absolute atomic E-state index is 4.50. The number of nitrogens with zero attached hydrogens (tertiary/aromatic N) is 2. The van der Waals surface area contributed by atoms with Crippen LogP contribution in [0.4, 0.5) is 0 Å². The fraction of sp³-hybridized carbons (Fsp3) is 0.727. The molecule has 0 unspecified atom stereocenters. The second kappa shape index (κ2) is 6.90. The van der Waals surface area contributed by atoms with Crippen molar-refractivity contribution in [2.45, 2.75) is 39.4 Å². The molecule has 1 aromatic rings. The van der Waals surface area contributed by atoms with Gasteiger partial charge in [0.15, 0.2) is 0 Å². The average Bonchev–Trinajstić information content (AvgIpc) is 2.63. The minimum absolute atomic E-state index is 0.520. The molecule has 0 fully saturated rings. The Morgan fingerprint density at radius 2 is 2.33 bits per heavy atom. The molecule has 0 spiro atoms. The highest BCUT2D eigenvalue weighted by Crippen LogP contribution is 2.00. The van der Waals surface area contributed by atoms with E-state index in [-0.39, 0.29) is 0 Å². The molecule has 3 nitrogen and oxygen atoms in total. The summed E-state index contributed by atoms with van der Waals surface area (Å²) in [6.07, 6.45) is 5.40. The van der Waals surface area contributed by atoms with Crippen molar-refractivity contribution in [1.29, 1.82) is 0 Å². The maximum atomic E-state index is 4.50. The van der Waals surface area contributed by atoms with Crippen LogP contribution in [-0.4, -0.2) is 27.8 Å². The molecule has 1 heterocycles. The Bertz CT molecular complexity index is 271. The lowest BCUT2D eigenvalue weighted by Gasteiger charge is -2.05. The van der Waals surface area contributed by atoms with Gasteiger partial charge < -0.3 is 5.32 Å². The van der Waals surface area contributed by atoms with E-state index in [1.165, 1.54) is 12.2 Å². The van der Waals surface area contributed by atoms with Gasteiger partial charge in [-0.25, -0.2) is 0 Å². The Balaban J connectivity index is 2.29. The van der Waals surface area contributed by atoms with Crippen LogP contribution in [0.5, 0.6) is 0 Å². The number of thioether (sulfide) groups is 1. The van der Waals surface area contributed by atoms with E-state index in [1.807, 2.05) is 16.4 Å². The highest BCUT2D eigenvalue weighted by molar-refractivity contribution is 7.98. The van der Waals surface area contributed by atoms with Gasteiger partial charge >= 0.3 is 0 Å². The predicted molar refractivity (Wildman–Crippen MR) is 67.2 cm³/mol. The molecule has 0 bridgehead atoms. The van der Waals surface area contributed by atoms with E-state index >= 15 is 0 Å². The molecule has 0 saturated heterocycles. The summed E-state index contributed by atoms with van der Waals surface area (Å²) in [4.78, 5) is 0. The maximum Gasteiger partial charge on any atom is 0.0762 e. The van der Waals surface area contributed by atoms with Crippen molar-refractivity contribution >= 4 is 11.8 Å². The van der Waals surface area contributed by atoms with Gasteiger partial charge in [-0.05, 0) is 24.5 Å². The highest BCUT2D eigenvalue weighted by Gasteiger charge is 1.99.